The summed E-state index contributed by atoms with van der Waals surface area (Å²) in [5.74, 6) is 3.06. The second-order valence-electron chi connectivity index (χ2n) is 6.51. The largest absolute Gasteiger partial charge is 0.497 e. The molecule has 1 saturated heterocycles. The van der Waals surface area contributed by atoms with E-state index in [4.69, 9.17) is 10.5 Å². The van der Waals surface area contributed by atoms with E-state index in [0.29, 0.717) is 23.2 Å². The maximum absolute atomic E-state index is 11.9. The first-order chi connectivity index (χ1) is 13.1. The number of amides is 1. The lowest BCUT2D eigenvalue weighted by molar-refractivity contribution is 0.0996. The lowest BCUT2D eigenvalue weighted by Crippen LogP contribution is -2.26. The van der Waals surface area contributed by atoms with Crippen LogP contribution in [0.4, 0.5) is 5.82 Å². The molecule has 3 aromatic rings. The number of H-pyrrole nitrogens is 1. The number of benzene rings is 1. The molecule has 1 aliphatic heterocycles. The van der Waals surface area contributed by atoms with Crippen LogP contribution in [0.1, 0.15) is 23.3 Å². The molecule has 0 saturated carbocycles. The number of thioether (sulfide) groups is 1. The molecular formula is C19H21N5O2S. The van der Waals surface area contributed by atoms with Gasteiger partial charge in [0.25, 0.3) is 5.91 Å². The molecule has 4 rings (SSSR count). The molecule has 3 heterocycles. The molecule has 1 fully saturated rings. The fourth-order valence-corrected chi connectivity index (χ4v) is 4.33. The fraction of sp³-hybridized carbons (Fsp3) is 0.316. The molecule has 140 valence electrons. The molecule has 4 N–H and O–H groups in total. The maximum Gasteiger partial charge on any atom is 0.269 e. The van der Waals surface area contributed by atoms with E-state index < -0.39 is 5.91 Å². The van der Waals surface area contributed by atoms with Gasteiger partial charge in [-0.15, -0.1) is 0 Å². The Bertz CT molecular complexity index is 981. The van der Waals surface area contributed by atoms with E-state index in [1.54, 1.807) is 13.3 Å². The van der Waals surface area contributed by atoms with E-state index >= 15 is 0 Å². The van der Waals surface area contributed by atoms with E-state index in [9.17, 15) is 4.79 Å². The summed E-state index contributed by atoms with van der Waals surface area (Å²) in [6, 6.07) is 8.01. The molecule has 0 radical (unpaired) electrons. The predicted octanol–water partition coefficient (Wildman–Crippen LogP) is 3.04. The molecule has 0 bridgehead atoms. The zero-order chi connectivity index (χ0) is 18.8. The van der Waals surface area contributed by atoms with Crippen LogP contribution >= 0.6 is 11.8 Å². The number of carbonyl (C=O) groups excluding carboxylic acids is 1. The number of hydrogen-bond donors (Lipinski definition) is 3. The van der Waals surface area contributed by atoms with Crippen LogP contribution in [-0.4, -0.2) is 45.5 Å². The van der Waals surface area contributed by atoms with Gasteiger partial charge in [-0.2, -0.15) is 11.8 Å². The molecule has 7 nitrogen and oxygen atoms in total. The van der Waals surface area contributed by atoms with Crippen LogP contribution in [0.5, 0.6) is 5.75 Å². The molecule has 2 aromatic heterocycles. The Labute approximate surface area is 161 Å². The quantitative estimate of drug-likeness (QED) is 0.625. The van der Waals surface area contributed by atoms with Crippen molar-refractivity contribution in [3.8, 4) is 17.1 Å². The number of fused-ring (bicyclic) bond motifs is 1. The Morgan fingerprint density at radius 2 is 2.30 bits per heavy atom. The molecule has 1 atom stereocenters. The number of nitrogens with zero attached hydrogens (tertiary/aromatic N) is 2. The monoisotopic (exact) mass is 383 g/mol. The van der Waals surface area contributed by atoms with E-state index in [2.05, 4.69) is 20.3 Å². The van der Waals surface area contributed by atoms with Gasteiger partial charge in [0.1, 0.15) is 17.3 Å². The van der Waals surface area contributed by atoms with Gasteiger partial charge in [0.05, 0.1) is 19.0 Å². The first-order valence-corrected chi connectivity index (χ1v) is 9.98. The fourth-order valence-electron chi connectivity index (χ4n) is 3.26. The first kappa shape index (κ1) is 17.7. The van der Waals surface area contributed by atoms with Gasteiger partial charge in [-0.05, 0) is 42.9 Å². The number of primary amides is 1. The number of ether oxygens (including phenoxy) is 1. The van der Waals surface area contributed by atoms with Crippen molar-refractivity contribution in [1.29, 1.82) is 0 Å². The summed E-state index contributed by atoms with van der Waals surface area (Å²) < 4.78 is 5.27. The van der Waals surface area contributed by atoms with Crippen molar-refractivity contribution >= 4 is 34.4 Å². The van der Waals surface area contributed by atoms with Crippen molar-refractivity contribution < 1.29 is 9.53 Å². The van der Waals surface area contributed by atoms with Crippen molar-refractivity contribution in [2.75, 3.05) is 23.9 Å². The molecule has 27 heavy (non-hydrogen) atoms. The predicted molar refractivity (Wildman–Crippen MR) is 108 cm³/mol. The van der Waals surface area contributed by atoms with Crippen LogP contribution in [0, 0.1) is 0 Å². The summed E-state index contributed by atoms with van der Waals surface area (Å²) in [6.45, 7) is 0. The highest BCUT2D eigenvalue weighted by atomic mass is 32.2. The number of aromatic nitrogens is 3. The molecule has 1 amide bonds. The maximum atomic E-state index is 11.9. The number of aromatic amines is 1. The Morgan fingerprint density at radius 1 is 1.41 bits per heavy atom. The summed E-state index contributed by atoms with van der Waals surface area (Å²) in [7, 11) is 1.63. The third-order valence-electron chi connectivity index (χ3n) is 4.60. The van der Waals surface area contributed by atoms with Gasteiger partial charge in [0.2, 0.25) is 0 Å². The smallest absolute Gasteiger partial charge is 0.269 e. The van der Waals surface area contributed by atoms with Crippen LogP contribution in [-0.2, 0) is 0 Å². The second-order valence-corrected chi connectivity index (χ2v) is 7.66. The summed E-state index contributed by atoms with van der Waals surface area (Å²) in [4.78, 5) is 24.1. The lowest BCUT2D eigenvalue weighted by Gasteiger charge is -2.23. The second kappa shape index (κ2) is 7.48. The van der Waals surface area contributed by atoms with Gasteiger partial charge >= 0.3 is 0 Å². The minimum atomic E-state index is -0.603. The minimum absolute atomic E-state index is 0.150. The SMILES string of the molecule is COc1ccc2[nH]c(-c3nc(N[C@H]4CCCSC4)cnc3C(N)=O)cc2c1. The van der Waals surface area contributed by atoms with Crippen molar-refractivity contribution in [3.05, 3.63) is 36.2 Å². The molecule has 1 aliphatic rings. The summed E-state index contributed by atoms with van der Waals surface area (Å²) in [6.07, 6.45) is 3.87. The van der Waals surface area contributed by atoms with Crippen LogP contribution in [0.2, 0.25) is 0 Å². The Balaban J connectivity index is 1.72. The van der Waals surface area contributed by atoms with Gasteiger partial charge in [-0.3, -0.25) is 4.79 Å². The molecule has 8 heteroatoms. The number of nitrogens with two attached hydrogens (primary N) is 1. The Hall–Kier alpha value is -2.74. The summed E-state index contributed by atoms with van der Waals surface area (Å²) in [5.41, 5.74) is 7.74. The van der Waals surface area contributed by atoms with Gasteiger partial charge in [0, 0.05) is 22.7 Å². The number of methoxy groups -OCH3 is 1. The Kier molecular flexibility index (Phi) is 4.89. The van der Waals surface area contributed by atoms with Gasteiger partial charge < -0.3 is 20.8 Å². The molecule has 1 aromatic carbocycles. The highest BCUT2D eigenvalue weighted by molar-refractivity contribution is 7.99. The van der Waals surface area contributed by atoms with Crippen molar-refractivity contribution in [3.63, 3.8) is 0 Å². The number of anilines is 1. The molecule has 0 aliphatic carbocycles. The minimum Gasteiger partial charge on any atom is -0.497 e. The number of carbonyl (C=O) groups is 1. The summed E-state index contributed by atoms with van der Waals surface area (Å²) >= 11 is 1.93. The average Bonchev–Trinajstić information content (AvgIpc) is 3.11. The third kappa shape index (κ3) is 3.71. The topological polar surface area (TPSA) is 106 Å². The zero-order valence-electron chi connectivity index (χ0n) is 15.0. The van der Waals surface area contributed by atoms with E-state index in [0.717, 1.165) is 28.8 Å². The average molecular weight is 383 g/mol. The van der Waals surface area contributed by atoms with E-state index in [1.807, 2.05) is 36.0 Å². The number of rotatable bonds is 5. The van der Waals surface area contributed by atoms with Gasteiger partial charge in [-0.1, -0.05) is 0 Å². The Morgan fingerprint density at radius 3 is 3.04 bits per heavy atom. The normalized spacial score (nSPS) is 17.0. The standard InChI is InChI=1S/C19H21N5O2S/c1-26-13-4-5-14-11(7-13)8-15(23-14)17-18(19(20)25)21-9-16(24-17)22-12-3-2-6-27-10-12/h4-5,7-9,12,23H,2-3,6,10H2,1H3,(H2,20,25)(H,22,24)/t12-/m0/s1. The van der Waals surface area contributed by atoms with E-state index in [1.165, 1.54) is 12.2 Å². The van der Waals surface area contributed by atoms with Crippen LogP contribution in [0.3, 0.4) is 0 Å². The third-order valence-corrected chi connectivity index (χ3v) is 5.82. The van der Waals surface area contributed by atoms with Gasteiger partial charge in [-0.25, -0.2) is 9.97 Å². The summed E-state index contributed by atoms with van der Waals surface area (Å²) in [5, 5.41) is 4.39. The molecule has 0 spiro atoms. The lowest BCUT2D eigenvalue weighted by atomic mass is 10.2. The number of hydrogen-bond acceptors (Lipinski definition) is 6. The van der Waals surface area contributed by atoms with Crippen LogP contribution in [0.25, 0.3) is 22.3 Å². The van der Waals surface area contributed by atoms with Crippen molar-refractivity contribution in [2.24, 2.45) is 5.73 Å². The van der Waals surface area contributed by atoms with Crippen molar-refractivity contribution in [1.82, 2.24) is 15.0 Å². The first-order valence-electron chi connectivity index (χ1n) is 8.82. The molecule has 0 unspecified atom stereocenters. The van der Waals surface area contributed by atoms with Crippen LogP contribution in [0.15, 0.2) is 30.5 Å². The zero-order valence-corrected chi connectivity index (χ0v) is 15.8. The van der Waals surface area contributed by atoms with E-state index in [-0.39, 0.29) is 5.69 Å². The number of nitrogens with one attached hydrogen (secondary N) is 2. The highest BCUT2D eigenvalue weighted by Crippen LogP contribution is 2.28. The molecular weight excluding hydrogens is 362 g/mol. The van der Waals surface area contributed by atoms with Crippen molar-refractivity contribution in [2.45, 2.75) is 18.9 Å². The van der Waals surface area contributed by atoms with Gasteiger partial charge in [0.15, 0.2) is 5.69 Å². The van der Waals surface area contributed by atoms with Crippen LogP contribution < -0.4 is 15.8 Å². The highest BCUT2D eigenvalue weighted by Gasteiger charge is 2.19.